The Labute approximate surface area is 184 Å². The van der Waals surface area contributed by atoms with Crippen LogP contribution in [0.25, 0.3) is 17.2 Å². The number of aromatic nitrogens is 4. The van der Waals surface area contributed by atoms with E-state index in [-0.39, 0.29) is 0 Å². The first kappa shape index (κ1) is 21.8. The van der Waals surface area contributed by atoms with Gasteiger partial charge >= 0.3 is 0 Å². The Balaban J connectivity index is 1.45. The molecule has 4 unspecified atom stereocenters. The Kier molecular flexibility index (Phi) is 6.42. The van der Waals surface area contributed by atoms with Crippen LogP contribution in [0.2, 0.25) is 0 Å². The van der Waals surface area contributed by atoms with Crippen molar-refractivity contribution in [1.82, 2.24) is 19.5 Å². The first-order valence-corrected chi connectivity index (χ1v) is 10.0. The Morgan fingerprint density at radius 2 is 1.94 bits per heavy atom. The first-order valence-electron chi connectivity index (χ1n) is 10.0. The average Bonchev–Trinajstić information content (AvgIpc) is 3.35. The van der Waals surface area contributed by atoms with Crippen LogP contribution in [0.15, 0.2) is 48.1 Å². The highest BCUT2D eigenvalue weighted by Crippen LogP contribution is 2.32. The predicted octanol–water partition coefficient (Wildman–Crippen LogP) is 0.615. The van der Waals surface area contributed by atoms with E-state index in [0.717, 1.165) is 11.3 Å². The average molecular weight is 439 g/mol. The third-order valence-corrected chi connectivity index (χ3v) is 5.18. The van der Waals surface area contributed by atoms with E-state index in [2.05, 4.69) is 25.5 Å². The van der Waals surface area contributed by atoms with Crippen LogP contribution in [0.5, 0.6) is 0 Å². The number of fused-ring (bicyclic) bond motifs is 1. The van der Waals surface area contributed by atoms with Crippen molar-refractivity contribution in [1.29, 1.82) is 0 Å². The molecule has 3 aromatic rings. The molecule has 0 saturated carbocycles. The Bertz CT molecular complexity index is 1110. The van der Waals surface area contributed by atoms with Gasteiger partial charge in [-0.05, 0) is 23.8 Å². The normalized spacial score (nSPS) is 23.5. The highest BCUT2D eigenvalue weighted by atomic mass is 16.6. The molecule has 4 rings (SSSR count). The molecule has 0 radical (unpaired) electrons. The van der Waals surface area contributed by atoms with Gasteiger partial charge in [-0.1, -0.05) is 18.2 Å². The number of hydrogen-bond acceptors (Lipinski definition) is 10. The molecule has 0 aliphatic carbocycles. The van der Waals surface area contributed by atoms with Crippen LogP contribution in [0, 0.1) is 0 Å². The fourth-order valence-corrected chi connectivity index (χ4v) is 3.41. The predicted molar refractivity (Wildman–Crippen MR) is 120 cm³/mol. The standard InChI is InChI=1S/C21H25N7O4/c1-27(2)14-7-5-13(6-8-14)4-3-9-25-26-19-16-20(23-11-22-19)28(12-24-16)21-18(31)17(30)15(10-29)32-21/h3-9,11-12,15,17-18,21,29-31H,10H2,1-2H3,(H,22,23,26)/b4-3+,25-9+. The Morgan fingerprint density at radius 1 is 1.16 bits per heavy atom. The van der Waals surface area contributed by atoms with E-state index < -0.39 is 31.1 Å². The van der Waals surface area contributed by atoms with Crippen molar-refractivity contribution in [2.45, 2.75) is 24.5 Å². The van der Waals surface area contributed by atoms with Gasteiger partial charge in [0.15, 0.2) is 23.2 Å². The second kappa shape index (κ2) is 9.40. The van der Waals surface area contributed by atoms with Gasteiger partial charge in [0.05, 0.1) is 12.9 Å². The molecule has 4 atom stereocenters. The minimum absolute atomic E-state index is 0.375. The van der Waals surface area contributed by atoms with E-state index in [4.69, 9.17) is 4.74 Å². The summed E-state index contributed by atoms with van der Waals surface area (Å²) in [5.74, 6) is 0.375. The number of hydrazone groups is 1. The van der Waals surface area contributed by atoms with Crippen molar-refractivity contribution in [3.05, 3.63) is 48.6 Å². The zero-order chi connectivity index (χ0) is 22.7. The molecule has 0 bridgehead atoms. The highest BCUT2D eigenvalue weighted by Gasteiger charge is 2.44. The number of aliphatic hydroxyl groups is 3. The molecule has 1 saturated heterocycles. The van der Waals surface area contributed by atoms with Gasteiger partial charge in [0.1, 0.15) is 24.6 Å². The van der Waals surface area contributed by atoms with Crippen molar-refractivity contribution in [3.8, 4) is 0 Å². The van der Waals surface area contributed by atoms with Crippen molar-refractivity contribution in [2.24, 2.45) is 5.10 Å². The van der Waals surface area contributed by atoms with Gasteiger partial charge in [0.25, 0.3) is 0 Å². The number of rotatable bonds is 7. The molecule has 1 aliphatic heterocycles. The van der Waals surface area contributed by atoms with Crippen LogP contribution in [-0.4, -0.2) is 80.1 Å². The maximum Gasteiger partial charge on any atom is 0.177 e. The van der Waals surface area contributed by atoms with Crippen LogP contribution in [0.4, 0.5) is 11.5 Å². The second-order valence-corrected chi connectivity index (χ2v) is 7.51. The molecule has 32 heavy (non-hydrogen) atoms. The number of imidazole rings is 1. The zero-order valence-electron chi connectivity index (χ0n) is 17.6. The molecule has 1 aliphatic rings. The van der Waals surface area contributed by atoms with Gasteiger partial charge in [-0.15, -0.1) is 0 Å². The SMILES string of the molecule is CN(C)c1ccc(/C=C/C=N/Nc2ncnc3c2ncn3C2OC(CO)C(O)C2O)cc1. The number of allylic oxidation sites excluding steroid dienone is 1. The van der Waals surface area contributed by atoms with Crippen molar-refractivity contribution in [3.63, 3.8) is 0 Å². The summed E-state index contributed by atoms with van der Waals surface area (Å²) in [5.41, 5.74) is 5.82. The summed E-state index contributed by atoms with van der Waals surface area (Å²) in [7, 11) is 3.99. The summed E-state index contributed by atoms with van der Waals surface area (Å²) in [6.07, 6.45) is 3.83. The van der Waals surface area contributed by atoms with E-state index in [9.17, 15) is 15.3 Å². The summed E-state index contributed by atoms with van der Waals surface area (Å²) >= 11 is 0. The van der Waals surface area contributed by atoms with Gasteiger partial charge in [-0.2, -0.15) is 5.10 Å². The van der Waals surface area contributed by atoms with E-state index in [1.807, 2.05) is 49.3 Å². The lowest BCUT2D eigenvalue weighted by Gasteiger charge is -2.16. The topological polar surface area (TPSA) is 141 Å². The third-order valence-electron chi connectivity index (χ3n) is 5.18. The lowest BCUT2D eigenvalue weighted by molar-refractivity contribution is -0.0511. The number of benzene rings is 1. The molecular weight excluding hydrogens is 414 g/mol. The molecular formula is C21H25N7O4. The number of hydrogen-bond donors (Lipinski definition) is 4. The number of aliphatic hydroxyl groups excluding tert-OH is 3. The van der Waals surface area contributed by atoms with E-state index in [0.29, 0.717) is 17.0 Å². The van der Waals surface area contributed by atoms with Gasteiger partial charge in [-0.3, -0.25) is 9.99 Å². The fraction of sp³-hybridized carbons (Fsp3) is 0.333. The lowest BCUT2D eigenvalue weighted by Crippen LogP contribution is -2.33. The van der Waals surface area contributed by atoms with Gasteiger partial charge in [0.2, 0.25) is 0 Å². The second-order valence-electron chi connectivity index (χ2n) is 7.51. The summed E-state index contributed by atoms with van der Waals surface area (Å²) in [6, 6.07) is 8.11. The van der Waals surface area contributed by atoms with Crippen LogP contribution < -0.4 is 10.3 Å². The monoisotopic (exact) mass is 439 g/mol. The summed E-state index contributed by atoms with van der Waals surface area (Å²) in [5, 5.41) is 33.7. The zero-order valence-corrected chi connectivity index (χ0v) is 17.6. The van der Waals surface area contributed by atoms with E-state index in [1.165, 1.54) is 17.2 Å². The first-order chi connectivity index (χ1) is 15.5. The molecule has 168 valence electrons. The lowest BCUT2D eigenvalue weighted by atomic mass is 10.1. The quantitative estimate of drug-likeness (QED) is 0.308. The summed E-state index contributed by atoms with van der Waals surface area (Å²) in [6.45, 7) is -0.412. The van der Waals surface area contributed by atoms with Crippen molar-refractivity contribution >= 4 is 35.0 Å². The van der Waals surface area contributed by atoms with Crippen LogP contribution in [0.1, 0.15) is 11.8 Å². The summed E-state index contributed by atoms with van der Waals surface area (Å²) in [4.78, 5) is 14.7. The van der Waals surface area contributed by atoms with E-state index >= 15 is 0 Å². The number of ether oxygens (including phenoxy) is 1. The number of nitrogens with one attached hydrogen (secondary N) is 1. The van der Waals surface area contributed by atoms with Gasteiger partial charge in [-0.25, -0.2) is 15.0 Å². The third kappa shape index (κ3) is 4.32. The maximum absolute atomic E-state index is 10.3. The molecule has 0 amide bonds. The van der Waals surface area contributed by atoms with Crippen molar-refractivity contribution in [2.75, 3.05) is 31.0 Å². The number of anilines is 2. The molecule has 3 heterocycles. The maximum atomic E-state index is 10.3. The van der Waals surface area contributed by atoms with E-state index in [1.54, 1.807) is 12.3 Å². The van der Waals surface area contributed by atoms with Crippen LogP contribution in [0.3, 0.4) is 0 Å². The molecule has 1 aromatic carbocycles. The molecule has 11 nitrogen and oxygen atoms in total. The minimum atomic E-state index is -1.23. The Morgan fingerprint density at radius 3 is 2.62 bits per heavy atom. The minimum Gasteiger partial charge on any atom is -0.394 e. The van der Waals surface area contributed by atoms with Gasteiger partial charge in [0, 0.05) is 26.0 Å². The molecule has 11 heteroatoms. The number of nitrogens with zero attached hydrogens (tertiary/aromatic N) is 6. The molecule has 0 spiro atoms. The van der Waals surface area contributed by atoms with Crippen LogP contribution >= 0.6 is 0 Å². The highest BCUT2D eigenvalue weighted by molar-refractivity contribution is 5.84. The Hall–Kier alpha value is -3.38. The van der Waals surface area contributed by atoms with Crippen molar-refractivity contribution < 1.29 is 20.1 Å². The molecule has 4 N–H and O–H groups in total. The molecule has 2 aromatic heterocycles. The smallest absolute Gasteiger partial charge is 0.177 e. The summed E-state index contributed by atoms with van der Waals surface area (Å²) < 4.78 is 7.05. The molecule has 1 fully saturated rings. The van der Waals surface area contributed by atoms with Crippen LogP contribution in [-0.2, 0) is 4.74 Å². The van der Waals surface area contributed by atoms with Gasteiger partial charge < -0.3 is 25.0 Å². The largest absolute Gasteiger partial charge is 0.394 e. The fourth-order valence-electron chi connectivity index (χ4n) is 3.41.